The first-order chi connectivity index (χ1) is 19.6. The van der Waals surface area contributed by atoms with Crippen LogP contribution < -0.4 is 19.7 Å². The summed E-state index contributed by atoms with van der Waals surface area (Å²) in [6.07, 6.45) is 0. The van der Waals surface area contributed by atoms with E-state index in [0.717, 1.165) is 26.2 Å². The van der Waals surface area contributed by atoms with Crippen LogP contribution in [0.3, 0.4) is 0 Å². The first-order valence-electron chi connectivity index (χ1n) is 13.9. The van der Waals surface area contributed by atoms with E-state index in [2.05, 4.69) is 38.4 Å². The largest absolute Gasteiger partial charge is 0.383 e. The normalized spacial score (nSPS) is 14.7. The number of piperazine rings is 1. The molecule has 0 atom stereocenters. The van der Waals surface area contributed by atoms with Crippen molar-refractivity contribution in [1.29, 1.82) is 0 Å². The van der Waals surface area contributed by atoms with E-state index in [0.29, 0.717) is 48.9 Å². The zero-order chi connectivity index (χ0) is 29.5. The quantitative estimate of drug-likeness (QED) is 0.272. The van der Waals surface area contributed by atoms with Crippen LogP contribution in [0.5, 0.6) is 0 Å². The van der Waals surface area contributed by atoms with Gasteiger partial charge in [0.25, 0.3) is 20.0 Å². The Hall–Kier alpha value is -3.32. The highest BCUT2D eigenvalue weighted by atomic mass is 32.2. The number of likely N-dealkylation sites (N-methyl/N-ethyl adjacent to an activating group) is 2. The van der Waals surface area contributed by atoms with Gasteiger partial charge in [-0.05, 0) is 56.5 Å². The van der Waals surface area contributed by atoms with Crippen molar-refractivity contribution in [2.45, 2.75) is 23.6 Å². The topological polar surface area (TPSA) is 114 Å². The van der Waals surface area contributed by atoms with Crippen LogP contribution in [-0.2, 0) is 20.0 Å². The van der Waals surface area contributed by atoms with Crippen LogP contribution in [0.1, 0.15) is 13.8 Å². The Morgan fingerprint density at radius 1 is 0.732 bits per heavy atom. The third kappa shape index (κ3) is 7.91. The average molecular weight is 601 g/mol. The van der Waals surface area contributed by atoms with Crippen LogP contribution in [0.25, 0.3) is 0 Å². The Balaban J connectivity index is 1.83. The molecule has 10 nitrogen and oxygen atoms in total. The minimum atomic E-state index is -4.16. The van der Waals surface area contributed by atoms with Gasteiger partial charge in [-0.15, -0.1) is 0 Å². The molecule has 0 radical (unpaired) electrons. The fourth-order valence-corrected chi connectivity index (χ4v) is 7.36. The lowest BCUT2D eigenvalue weighted by molar-refractivity contribution is 0.312. The zero-order valence-electron chi connectivity index (χ0n) is 23.9. The summed E-state index contributed by atoms with van der Waals surface area (Å²) in [5, 5.41) is 3.31. The molecule has 1 fully saturated rings. The molecule has 222 valence electrons. The number of para-hydroxylation sites is 2. The molecule has 0 aliphatic carbocycles. The molecule has 4 rings (SSSR count). The van der Waals surface area contributed by atoms with Gasteiger partial charge in [0.2, 0.25) is 0 Å². The fourth-order valence-electron chi connectivity index (χ4n) is 4.74. The Morgan fingerprint density at radius 2 is 1.24 bits per heavy atom. The maximum absolute atomic E-state index is 13.9. The first-order valence-corrected chi connectivity index (χ1v) is 16.8. The summed E-state index contributed by atoms with van der Waals surface area (Å²) in [6, 6.07) is 20.1. The van der Waals surface area contributed by atoms with Gasteiger partial charge in [0.15, 0.2) is 0 Å². The molecule has 3 aromatic rings. The van der Waals surface area contributed by atoms with E-state index < -0.39 is 20.0 Å². The second kappa shape index (κ2) is 13.6. The van der Waals surface area contributed by atoms with E-state index in [4.69, 9.17) is 0 Å². The molecule has 1 saturated heterocycles. The lowest BCUT2D eigenvalue weighted by atomic mass is 10.2. The highest BCUT2D eigenvalue weighted by Crippen LogP contribution is 2.36. The molecule has 0 amide bonds. The molecule has 41 heavy (non-hydrogen) atoms. The van der Waals surface area contributed by atoms with Crippen molar-refractivity contribution in [1.82, 2.24) is 9.80 Å². The highest BCUT2D eigenvalue weighted by molar-refractivity contribution is 7.93. The Kier molecular flexibility index (Phi) is 10.1. The Bertz CT molecular complexity index is 1490. The molecule has 3 N–H and O–H groups in total. The molecule has 0 bridgehead atoms. The molecule has 1 aliphatic heterocycles. The van der Waals surface area contributed by atoms with Gasteiger partial charge in [-0.1, -0.05) is 50.2 Å². The lowest BCUT2D eigenvalue weighted by Crippen LogP contribution is -2.45. The SMILES string of the molecule is CCN(CC)CCNc1cc(N2CCN(C)CC2)c(S(=O)(=O)Nc2ccccc2)cc1S(=O)(=O)Nc1ccccc1. The third-order valence-electron chi connectivity index (χ3n) is 7.17. The lowest BCUT2D eigenvalue weighted by Gasteiger charge is -2.35. The maximum Gasteiger partial charge on any atom is 0.264 e. The van der Waals surface area contributed by atoms with E-state index in [1.165, 1.54) is 6.07 Å². The average Bonchev–Trinajstić information content (AvgIpc) is 2.96. The summed E-state index contributed by atoms with van der Waals surface area (Å²) in [5.74, 6) is 0. The molecule has 1 aliphatic rings. The fraction of sp³-hybridized carbons (Fsp3) is 0.379. The van der Waals surface area contributed by atoms with E-state index >= 15 is 0 Å². The van der Waals surface area contributed by atoms with E-state index in [1.807, 2.05) is 11.9 Å². The van der Waals surface area contributed by atoms with Crippen LogP contribution in [0.2, 0.25) is 0 Å². The number of anilines is 4. The number of nitrogens with one attached hydrogen (secondary N) is 3. The molecule has 12 heteroatoms. The summed E-state index contributed by atoms with van der Waals surface area (Å²) in [6.45, 7) is 9.82. The van der Waals surface area contributed by atoms with Crippen molar-refractivity contribution in [2.75, 3.05) is 79.1 Å². The van der Waals surface area contributed by atoms with Crippen molar-refractivity contribution in [2.24, 2.45) is 0 Å². The Morgan fingerprint density at radius 3 is 1.76 bits per heavy atom. The number of hydrogen-bond acceptors (Lipinski definition) is 8. The molecular formula is C29H40N6O4S2. The van der Waals surface area contributed by atoms with Gasteiger partial charge in [-0.25, -0.2) is 16.8 Å². The summed E-state index contributed by atoms with van der Waals surface area (Å²) >= 11 is 0. The number of rotatable bonds is 13. The zero-order valence-corrected chi connectivity index (χ0v) is 25.5. The minimum absolute atomic E-state index is 0.0892. The van der Waals surface area contributed by atoms with Crippen molar-refractivity contribution >= 4 is 42.8 Å². The number of nitrogens with zero attached hydrogens (tertiary/aromatic N) is 3. The van der Waals surface area contributed by atoms with E-state index in [1.54, 1.807) is 66.7 Å². The summed E-state index contributed by atoms with van der Waals surface area (Å²) in [7, 11) is -6.29. The van der Waals surface area contributed by atoms with Crippen LogP contribution in [0, 0.1) is 0 Å². The summed E-state index contributed by atoms with van der Waals surface area (Å²) in [5.41, 5.74) is 1.60. The molecule has 3 aromatic carbocycles. The molecule has 0 aromatic heterocycles. The van der Waals surface area contributed by atoms with Crippen molar-refractivity contribution < 1.29 is 16.8 Å². The van der Waals surface area contributed by atoms with E-state index in [9.17, 15) is 16.8 Å². The summed E-state index contributed by atoms with van der Waals surface area (Å²) < 4.78 is 60.6. The molecule has 0 unspecified atom stereocenters. The maximum atomic E-state index is 13.9. The van der Waals surface area contributed by atoms with Crippen LogP contribution in [0.4, 0.5) is 22.7 Å². The molecule has 1 heterocycles. The van der Waals surface area contributed by atoms with Gasteiger partial charge in [0.05, 0.1) is 11.4 Å². The van der Waals surface area contributed by atoms with Crippen molar-refractivity contribution in [3.8, 4) is 0 Å². The molecule has 0 saturated carbocycles. The van der Waals surface area contributed by atoms with Crippen LogP contribution in [0.15, 0.2) is 82.6 Å². The van der Waals surface area contributed by atoms with Gasteiger partial charge < -0.3 is 20.0 Å². The second-order valence-corrected chi connectivity index (χ2v) is 13.3. The number of hydrogen-bond donors (Lipinski definition) is 3. The van der Waals surface area contributed by atoms with Crippen molar-refractivity contribution in [3.05, 3.63) is 72.8 Å². The predicted molar refractivity (Wildman–Crippen MR) is 167 cm³/mol. The van der Waals surface area contributed by atoms with Crippen LogP contribution >= 0.6 is 0 Å². The van der Waals surface area contributed by atoms with Crippen molar-refractivity contribution in [3.63, 3.8) is 0 Å². The molecular weight excluding hydrogens is 560 g/mol. The monoisotopic (exact) mass is 600 g/mol. The highest BCUT2D eigenvalue weighted by Gasteiger charge is 2.30. The second-order valence-electron chi connectivity index (χ2n) is 10.0. The van der Waals surface area contributed by atoms with Gasteiger partial charge >= 0.3 is 0 Å². The molecule has 0 spiro atoms. The summed E-state index contributed by atoms with van der Waals surface area (Å²) in [4.78, 5) is 6.20. The van der Waals surface area contributed by atoms with Gasteiger partial charge in [0, 0.05) is 50.6 Å². The van der Waals surface area contributed by atoms with Crippen LogP contribution in [-0.4, -0.2) is 86.0 Å². The van der Waals surface area contributed by atoms with Gasteiger partial charge in [-0.3, -0.25) is 9.44 Å². The smallest absolute Gasteiger partial charge is 0.264 e. The standard InChI is InChI=1S/C29H40N6O4S2/c1-4-34(5-2)17-16-30-26-22-27(35-20-18-33(3)19-21-35)29(41(38,39)32-25-14-10-7-11-15-25)23-28(26)40(36,37)31-24-12-8-6-9-13-24/h6-15,22-23,30-32H,4-5,16-21H2,1-3H3. The number of sulfonamides is 2. The number of benzene rings is 3. The third-order valence-corrected chi connectivity index (χ3v) is 10.0. The Labute approximate surface area is 244 Å². The van der Waals surface area contributed by atoms with Gasteiger partial charge in [0.1, 0.15) is 9.79 Å². The predicted octanol–water partition coefficient (Wildman–Crippen LogP) is 3.79. The van der Waals surface area contributed by atoms with E-state index in [-0.39, 0.29) is 9.79 Å². The van der Waals surface area contributed by atoms with Gasteiger partial charge in [-0.2, -0.15) is 0 Å². The first kappa shape index (κ1) is 30.6. The minimum Gasteiger partial charge on any atom is -0.383 e.